The molecule has 0 fully saturated rings. The molecule has 0 aliphatic rings. The number of nitrogens with zero attached hydrogens (tertiary/aromatic N) is 1. The lowest BCUT2D eigenvalue weighted by atomic mass is 10.1. The predicted molar refractivity (Wildman–Crippen MR) is 97.2 cm³/mol. The van der Waals surface area contributed by atoms with Crippen LogP contribution in [-0.2, 0) is 22.1 Å². The summed E-state index contributed by atoms with van der Waals surface area (Å²) in [5.41, 5.74) is 1.89. The van der Waals surface area contributed by atoms with Gasteiger partial charge in [0.15, 0.2) is 9.84 Å². The molecule has 128 valence electrons. The standard InChI is InChI=1S/C17H17Cl2NO3S/c1-20(10-14-4-3-5-15(18)16(14)19)17(21)13-8-6-12(7-9-13)11-24(2,22)23/h3-9H,10-11H2,1-2H3. The van der Waals surface area contributed by atoms with Crippen molar-refractivity contribution in [2.24, 2.45) is 0 Å². The van der Waals surface area contributed by atoms with Crippen molar-refractivity contribution in [3.8, 4) is 0 Å². The van der Waals surface area contributed by atoms with E-state index in [0.29, 0.717) is 27.7 Å². The summed E-state index contributed by atoms with van der Waals surface area (Å²) in [6.07, 6.45) is 1.18. The minimum absolute atomic E-state index is 0.0462. The fourth-order valence-corrected chi connectivity index (χ4v) is 3.44. The average molecular weight is 386 g/mol. The Labute approximate surface area is 151 Å². The molecule has 0 heterocycles. The van der Waals surface area contributed by atoms with Crippen molar-refractivity contribution in [3.05, 3.63) is 69.2 Å². The highest BCUT2D eigenvalue weighted by Gasteiger charge is 2.15. The lowest BCUT2D eigenvalue weighted by molar-refractivity contribution is 0.0785. The molecule has 7 heteroatoms. The van der Waals surface area contributed by atoms with Gasteiger partial charge in [0.05, 0.1) is 15.8 Å². The highest BCUT2D eigenvalue weighted by atomic mass is 35.5. The quantitative estimate of drug-likeness (QED) is 0.785. The Hall–Kier alpha value is -1.56. The van der Waals surface area contributed by atoms with Crippen molar-refractivity contribution in [2.45, 2.75) is 12.3 Å². The Morgan fingerprint density at radius 3 is 2.29 bits per heavy atom. The van der Waals surface area contributed by atoms with Crippen molar-refractivity contribution >= 4 is 38.9 Å². The number of rotatable bonds is 5. The number of carbonyl (C=O) groups excluding carboxylic acids is 1. The Balaban J connectivity index is 2.12. The summed E-state index contributed by atoms with van der Waals surface area (Å²) in [6.45, 7) is 0.323. The van der Waals surface area contributed by atoms with Crippen LogP contribution in [0.5, 0.6) is 0 Å². The number of benzene rings is 2. The first kappa shape index (κ1) is 18.8. The van der Waals surface area contributed by atoms with Gasteiger partial charge >= 0.3 is 0 Å². The summed E-state index contributed by atoms with van der Waals surface area (Å²) in [5, 5.41) is 0.877. The van der Waals surface area contributed by atoms with Crippen LogP contribution in [0.25, 0.3) is 0 Å². The molecule has 0 bridgehead atoms. The first-order valence-electron chi connectivity index (χ1n) is 7.12. The minimum atomic E-state index is -3.10. The minimum Gasteiger partial charge on any atom is -0.337 e. The van der Waals surface area contributed by atoms with E-state index >= 15 is 0 Å². The van der Waals surface area contributed by atoms with Gasteiger partial charge in [0.2, 0.25) is 0 Å². The highest BCUT2D eigenvalue weighted by molar-refractivity contribution is 7.89. The molecule has 2 aromatic carbocycles. The summed E-state index contributed by atoms with van der Waals surface area (Å²) in [6, 6.07) is 11.8. The van der Waals surface area contributed by atoms with Crippen LogP contribution < -0.4 is 0 Å². The van der Waals surface area contributed by atoms with Crippen molar-refractivity contribution in [1.82, 2.24) is 4.90 Å². The molecule has 0 unspecified atom stereocenters. The van der Waals surface area contributed by atoms with Crippen LogP contribution in [0.4, 0.5) is 0 Å². The fourth-order valence-electron chi connectivity index (χ4n) is 2.26. The number of amides is 1. The van der Waals surface area contributed by atoms with Gasteiger partial charge in [-0.2, -0.15) is 0 Å². The van der Waals surface area contributed by atoms with Gasteiger partial charge in [0, 0.05) is 25.4 Å². The number of sulfone groups is 1. The Morgan fingerprint density at radius 1 is 1.08 bits per heavy atom. The molecule has 4 nitrogen and oxygen atoms in total. The van der Waals surface area contributed by atoms with Gasteiger partial charge in [-0.25, -0.2) is 8.42 Å². The first-order valence-corrected chi connectivity index (χ1v) is 9.94. The predicted octanol–water partition coefficient (Wildman–Crippen LogP) is 3.81. The van der Waals surface area contributed by atoms with E-state index in [9.17, 15) is 13.2 Å². The van der Waals surface area contributed by atoms with E-state index in [0.717, 1.165) is 5.56 Å². The van der Waals surface area contributed by atoms with Gasteiger partial charge in [-0.1, -0.05) is 47.5 Å². The third-order valence-corrected chi connectivity index (χ3v) is 5.13. The maximum atomic E-state index is 12.5. The van der Waals surface area contributed by atoms with Crippen LogP contribution in [0.3, 0.4) is 0 Å². The van der Waals surface area contributed by atoms with Gasteiger partial charge < -0.3 is 4.90 Å². The third-order valence-electron chi connectivity index (χ3n) is 3.42. The normalized spacial score (nSPS) is 11.3. The molecule has 0 aliphatic heterocycles. The molecule has 0 aliphatic carbocycles. The number of carbonyl (C=O) groups is 1. The van der Waals surface area contributed by atoms with Crippen LogP contribution in [0.15, 0.2) is 42.5 Å². The van der Waals surface area contributed by atoms with E-state index in [-0.39, 0.29) is 11.7 Å². The molecule has 0 radical (unpaired) electrons. The van der Waals surface area contributed by atoms with Gasteiger partial charge in [-0.15, -0.1) is 0 Å². The van der Waals surface area contributed by atoms with Crippen LogP contribution in [0.2, 0.25) is 10.0 Å². The monoisotopic (exact) mass is 385 g/mol. The zero-order chi connectivity index (χ0) is 17.9. The van der Waals surface area contributed by atoms with Crippen molar-refractivity contribution in [2.75, 3.05) is 13.3 Å². The second kappa shape index (κ2) is 7.55. The van der Waals surface area contributed by atoms with Crippen molar-refractivity contribution < 1.29 is 13.2 Å². The van der Waals surface area contributed by atoms with E-state index in [1.807, 2.05) is 6.07 Å². The lowest BCUT2D eigenvalue weighted by Crippen LogP contribution is -2.26. The van der Waals surface area contributed by atoms with E-state index in [1.54, 1.807) is 43.4 Å². The maximum Gasteiger partial charge on any atom is 0.253 e. The summed E-state index contributed by atoms with van der Waals surface area (Å²) < 4.78 is 22.6. The van der Waals surface area contributed by atoms with Crippen LogP contribution in [-0.4, -0.2) is 32.5 Å². The van der Waals surface area contributed by atoms with Crippen LogP contribution >= 0.6 is 23.2 Å². The summed E-state index contributed by atoms with van der Waals surface area (Å²) in [5.74, 6) is -0.230. The molecule has 2 aromatic rings. The Morgan fingerprint density at radius 2 is 1.71 bits per heavy atom. The largest absolute Gasteiger partial charge is 0.337 e. The van der Waals surface area contributed by atoms with Crippen molar-refractivity contribution in [3.63, 3.8) is 0 Å². The Kier molecular flexibility index (Phi) is 5.91. The van der Waals surface area contributed by atoms with Crippen LogP contribution in [0.1, 0.15) is 21.5 Å². The van der Waals surface area contributed by atoms with Gasteiger partial charge in [-0.05, 0) is 29.3 Å². The third kappa shape index (κ3) is 4.97. The maximum absolute atomic E-state index is 12.5. The molecular weight excluding hydrogens is 369 g/mol. The van der Waals surface area contributed by atoms with Crippen molar-refractivity contribution in [1.29, 1.82) is 0 Å². The fraction of sp³-hybridized carbons (Fsp3) is 0.235. The van der Waals surface area contributed by atoms with Crippen LogP contribution in [0, 0.1) is 0 Å². The molecular formula is C17H17Cl2NO3S. The molecule has 2 rings (SSSR count). The topological polar surface area (TPSA) is 54.5 Å². The van der Waals surface area contributed by atoms with Gasteiger partial charge in [0.1, 0.15) is 0 Å². The van der Waals surface area contributed by atoms with Gasteiger partial charge in [0.25, 0.3) is 5.91 Å². The molecule has 0 spiro atoms. The highest BCUT2D eigenvalue weighted by Crippen LogP contribution is 2.26. The second-order valence-corrected chi connectivity index (χ2v) is 8.57. The molecule has 0 atom stereocenters. The summed E-state index contributed by atoms with van der Waals surface area (Å²) >= 11 is 12.1. The first-order chi connectivity index (χ1) is 11.2. The molecule has 0 aromatic heterocycles. The zero-order valence-electron chi connectivity index (χ0n) is 13.3. The zero-order valence-corrected chi connectivity index (χ0v) is 15.6. The second-order valence-electron chi connectivity index (χ2n) is 5.64. The van der Waals surface area contributed by atoms with E-state index in [4.69, 9.17) is 23.2 Å². The van der Waals surface area contributed by atoms with E-state index in [1.165, 1.54) is 11.2 Å². The van der Waals surface area contributed by atoms with Gasteiger partial charge in [-0.3, -0.25) is 4.79 Å². The lowest BCUT2D eigenvalue weighted by Gasteiger charge is -2.18. The van der Waals surface area contributed by atoms with E-state index in [2.05, 4.69) is 0 Å². The number of hydrogen-bond acceptors (Lipinski definition) is 3. The number of hydrogen-bond donors (Lipinski definition) is 0. The molecule has 0 saturated carbocycles. The summed E-state index contributed by atoms with van der Waals surface area (Å²) in [4.78, 5) is 14.0. The molecule has 0 N–H and O–H groups in total. The molecule has 1 amide bonds. The smallest absolute Gasteiger partial charge is 0.253 e. The molecule has 0 saturated heterocycles. The van der Waals surface area contributed by atoms with E-state index < -0.39 is 9.84 Å². The molecule has 24 heavy (non-hydrogen) atoms. The summed E-state index contributed by atoms with van der Waals surface area (Å²) in [7, 11) is -1.43. The number of halogens is 2. The Bertz CT molecular complexity index is 849. The average Bonchev–Trinajstić information content (AvgIpc) is 2.50. The SMILES string of the molecule is CN(Cc1cccc(Cl)c1Cl)C(=O)c1ccc(CS(C)(=O)=O)cc1.